The number of nitrogens with one attached hydrogen (secondary N) is 1. The van der Waals surface area contributed by atoms with E-state index in [2.05, 4.69) is 15.3 Å². The topological polar surface area (TPSA) is 100 Å². The lowest BCUT2D eigenvalue weighted by molar-refractivity contribution is -0.164. The lowest BCUT2D eigenvalue weighted by Crippen LogP contribution is -2.42. The third kappa shape index (κ3) is 5.13. The maximum atomic E-state index is 13.7. The summed E-state index contributed by atoms with van der Waals surface area (Å²) in [6.07, 6.45) is -3.22. The van der Waals surface area contributed by atoms with Gasteiger partial charge in [0.1, 0.15) is 23.0 Å². The Labute approximate surface area is 196 Å². The van der Waals surface area contributed by atoms with Gasteiger partial charge in [-0.1, -0.05) is 6.08 Å². The average Bonchev–Trinajstić information content (AvgIpc) is 2.78. The Balaban J connectivity index is 1.74. The van der Waals surface area contributed by atoms with E-state index in [1.165, 1.54) is 30.2 Å². The number of rotatable bonds is 5. The quantitative estimate of drug-likeness (QED) is 0.606. The Kier molecular flexibility index (Phi) is 6.28. The van der Waals surface area contributed by atoms with Gasteiger partial charge < -0.3 is 15.3 Å². The molecular weight excluding hydrogens is 477 g/mol. The smallest absolute Gasteiger partial charge is 0.396 e. The van der Waals surface area contributed by atoms with E-state index in [-0.39, 0.29) is 41.7 Å². The Morgan fingerprint density at radius 1 is 1.29 bits per heavy atom. The van der Waals surface area contributed by atoms with Crippen LogP contribution in [0.3, 0.4) is 0 Å². The summed E-state index contributed by atoms with van der Waals surface area (Å²) in [5, 5.41) is 12.2. The van der Waals surface area contributed by atoms with Crippen LogP contribution in [0.15, 0.2) is 35.3 Å². The summed E-state index contributed by atoms with van der Waals surface area (Å²) in [6.45, 7) is 0.701. The highest BCUT2D eigenvalue weighted by Crippen LogP contribution is 2.37. The van der Waals surface area contributed by atoms with Crippen molar-refractivity contribution in [1.29, 1.82) is 0 Å². The molecule has 2 aromatic rings. The number of aromatic nitrogens is 3. The number of piperidine rings is 1. The molecule has 4 heterocycles. The molecule has 1 saturated heterocycles. The number of carboxylic acids is 1. The number of carbonyl (C=O) groups is 1. The Morgan fingerprint density at radius 3 is 2.60 bits per heavy atom. The normalized spacial score (nSPS) is 20.6. The molecule has 8 nitrogen and oxygen atoms in total. The second kappa shape index (κ2) is 8.93. The average molecular weight is 499 g/mol. The van der Waals surface area contributed by atoms with E-state index in [9.17, 15) is 36.6 Å². The molecule has 188 valence electrons. The van der Waals surface area contributed by atoms with Crippen molar-refractivity contribution in [3.63, 3.8) is 0 Å². The number of hydrogen-bond acceptors (Lipinski definition) is 6. The van der Waals surface area contributed by atoms with E-state index < -0.39 is 55.0 Å². The zero-order chi connectivity index (χ0) is 25.5. The predicted molar refractivity (Wildman–Crippen MR) is 117 cm³/mol. The minimum absolute atomic E-state index is 0.0156. The van der Waals surface area contributed by atoms with E-state index >= 15 is 0 Å². The first-order valence-corrected chi connectivity index (χ1v) is 10.8. The lowest BCUT2D eigenvalue weighted by Gasteiger charge is -2.34. The van der Waals surface area contributed by atoms with Crippen LogP contribution in [-0.2, 0) is 6.54 Å². The number of carboxylic acid groups (broad SMARTS) is 1. The van der Waals surface area contributed by atoms with Crippen molar-refractivity contribution in [2.24, 2.45) is 5.92 Å². The molecule has 2 N–H and O–H groups in total. The van der Waals surface area contributed by atoms with Gasteiger partial charge in [0.25, 0.3) is 11.5 Å². The maximum Gasteiger partial charge on any atom is 0.396 e. The minimum atomic E-state index is -4.64. The molecule has 0 saturated carbocycles. The van der Waals surface area contributed by atoms with E-state index in [0.29, 0.717) is 0 Å². The van der Waals surface area contributed by atoms with E-state index in [1.807, 2.05) is 0 Å². The van der Waals surface area contributed by atoms with Crippen LogP contribution in [0.5, 0.6) is 0 Å². The first kappa shape index (κ1) is 24.6. The number of pyridine rings is 1. The number of allylic oxidation sites excluding steroid dienone is 1. The van der Waals surface area contributed by atoms with E-state index in [4.69, 9.17) is 0 Å². The van der Waals surface area contributed by atoms with Crippen molar-refractivity contribution in [3.8, 4) is 0 Å². The highest BCUT2D eigenvalue weighted by molar-refractivity contribution is 5.93. The molecule has 0 spiro atoms. The summed E-state index contributed by atoms with van der Waals surface area (Å²) in [4.78, 5) is 34.2. The molecule has 2 atom stereocenters. The molecule has 1 fully saturated rings. The molecule has 0 bridgehead atoms. The molecule has 35 heavy (non-hydrogen) atoms. The third-order valence-corrected chi connectivity index (χ3v) is 6.11. The molecule has 4 rings (SSSR count). The largest absolute Gasteiger partial charge is 0.478 e. The van der Waals surface area contributed by atoms with Gasteiger partial charge in [-0.05, 0) is 19.1 Å². The van der Waals surface area contributed by atoms with Gasteiger partial charge in [0.15, 0.2) is 0 Å². The molecule has 2 aromatic heterocycles. The van der Waals surface area contributed by atoms with Crippen LogP contribution < -0.4 is 15.8 Å². The fraction of sp³-hybridized carbons (Fsp3) is 0.455. The van der Waals surface area contributed by atoms with E-state index in [1.54, 1.807) is 0 Å². The zero-order valence-electron chi connectivity index (χ0n) is 18.5. The molecule has 13 heteroatoms. The van der Waals surface area contributed by atoms with Gasteiger partial charge in [0, 0.05) is 50.3 Å². The van der Waals surface area contributed by atoms with Crippen LogP contribution >= 0.6 is 0 Å². The second-order valence-corrected chi connectivity index (χ2v) is 8.57. The summed E-state index contributed by atoms with van der Waals surface area (Å²) < 4.78 is 69.1. The highest BCUT2D eigenvalue weighted by atomic mass is 19.4. The SMILES string of the molecule is C[C@@H](Nc1ncccc1C(=O)O)C1=CC(C(F)(F)F)Cn2c1nc(N1CCC(F)(F)CC1)cc2=O. The van der Waals surface area contributed by atoms with Crippen molar-refractivity contribution in [1.82, 2.24) is 14.5 Å². The second-order valence-electron chi connectivity index (χ2n) is 8.57. The Hall–Kier alpha value is -3.51. The molecule has 0 aliphatic carbocycles. The van der Waals surface area contributed by atoms with Gasteiger partial charge in [-0.3, -0.25) is 9.36 Å². The first-order valence-electron chi connectivity index (χ1n) is 10.8. The molecule has 1 unspecified atom stereocenters. The monoisotopic (exact) mass is 499 g/mol. The van der Waals surface area contributed by atoms with Crippen molar-refractivity contribution in [2.75, 3.05) is 23.3 Å². The van der Waals surface area contributed by atoms with Gasteiger partial charge in [-0.15, -0.1) is 0 Å². The van der Waals surface area contributed by atoms with Crippen LogP contribution in [0.2, 0.25) is 0 Å². The van der Waals surface area contributed by atoms with Crippen molar-refractivity contribution < 1.29 is 31.9 Å². The fourth-order valence-corrected chi connectivity index (χ4v) is 4.17. The molecular formula is C22H22F5N5O3. The summed E-state index contributed by atoms with van der Waals surface area (Å²) in [6, 6.07) is 2.83. The van der Waals surface area contributed by atoms with Gasteiger partial charge in [-0.2, -0.15) is 13.2 Å². The van der Waals surface area contributed by atoms with Gasteiger partial charge in [-0.25, -0.2) is 23.5 Å². The zero-order valence-corrected chi connectivity index (χ0v) is 18.5. The van der Waals surface area contributed by atoms with Crippen LogP contribution in [0.1, 0.15) is 35.9 Å². The number of alkyl halides is 5. The third-order valence-electron chi connectivity index (χ3n) is 6.11. The van der Waals surface area contributed by atoms with Crippen molar-refractivity contribution in [2.45, 2.75) is 44.5 Å². The number of anilines is 2. The van der Waals surface area contributed by atoms with Crippen LogP contribution in [0.25, 0.3) is 5.57 Å². The number of fused-ring (bicyclic) bond motifs is 1. The Bertz CT molecular complexity index is 1220. The standard InChI is InChI=1S/C22H22F5N5O3/c1-12(29-18-14(20(34)35)3-2-6-28-18)15-9-13(22(25,26)27)11-32-17(33)10-16(30-19(15)32)31-7-4-21(23,24)5-8-31/h2-3,6,9-10,12-13H,4-5,7-8,11H2,1H3,(H,28,29)(H,34,35)/t12-,13?/m1/s1. The van der Waals surface area contributed by atoms with Crippen LogP contribution in [0, 0.1) is 5.92 Å². The van der Waals surface area contributed by atoms with Crippen molar-refractivity contribution >= 4 is 23.2 Å². The number of aromatic carboxylic acids is 1. The first-order chi connectivity index (χ1) is 16.4. The van der Waals surface area contributed by atoms with Crippen LogP contribution in [-0.4, -0.2) is 56.8 Å². The summed E-state index contributed by atoms with van der Waals surface area (Å²) in [5.41, 5.74) is -0.906. The molecule has 0 aromatic carbocycles. The fourth-order valence-electron chi connectivity index (χ4n) is 4.17. The molecule has 2 aliphatic rings. The molecule has 2 aliphatic heterocycles. The van der Waals surface area contributed by atoms with Crippen LogP contribution in [0.4, 0.5) is 33.6 Å². The highest BCUT2D eigenvalue weighted by Gasteiger charge is 2.42. The summed E-state index contributed by atoms with van der Waals surface area (Å²) in [5.74, 6) is -6.09. The summed E-state index contributed by atoms with van der Waals surface area (Å²) in [7, 11) is 0. The lowest BCUT2D eigenvalue weighted by atomic mass is 9.95. The maximum absolute atomic E-state index is 13.7. The van der Waals surface area contributed by atoms with Gasteiger partial charge >= 0.3 is 12.1 Å². The molecule has 0 amide bonds. The number of hydrogen-bond donors (Lipinski definition) is 2. The number of nitrogens with zero attached hydrogens (tertiary/aromatic N) is 4. The van der Waals surface area contributed by atoms with Gasteiger partial charge in [0.05, 0.1) is 12.0 Å². The minimum Gasteiger partial charge on any atom is -0.478 e. The van der Waals surface area contributed by atoms with E-state index in [0.717, 1.165) is 16.7 Å². The predicted octanol–water partition coefficient (Wildman–Crippen LogP) is 3.65. The Morgan fingerprint density at radius 2 is 1.97 bits per heavy atom. The number of halogens is 5. The summed E-state index contributed by atoms with van der Waals surface area (Å²) >= 11 is 0. The van der Waals surface area contributed by atoms with Crippen molar-refractivity contribution in [3.05, 3.63) is 52.2 Å². The van der Waals surface area contributed by atoms with Gasteiger partial charge in [0.2, 0.25) is 0 Å². The molecule has 0 radical (unpaired) electrons.